The quantitative estimate of drug-likeness (QED) is 0.471. The number of carbonyl (C=O) groups is 1. The number of ether oxygens (including phenoxy) is 2. The smallest absolute Gasteiger partial charge is 0.220 e. The van der Waals surface area contributed by atoms with Crippen molar-refractivity contribution in [3.05, 3.63) is 23.8 Å². The molecule has 1 aromatic rings. The fourth-order valence-corrected chi connectivity index (χ4v) is 3.53. The molecule has 1 amide bonds. The van der Waals surface area contributed by atoms with Gasteiger partial charge in [-0.15, -0.1) is 11.6 Å². The molecule has 1 aliphatic carbocycles. The number of aryl methyl sites for hydroxylation is 1. The number of hydrogen-bond donors (Lipinski definition) is 1. The first-order valence-electron chi connectivity index (χ1n) is 9.77. The Morgan fingerprint density at radius 3 is 2.65 bits per heavy atom. The fraction of sp³-hybridized carbons (Fsp3) is 0.667. The molecule has 1 aromatic carbocycles. The van der Waals surface area contributed by atoms with Crippen LogP contribution in [0.1, 0.15) is 57.4 Å². The Morgan fingerprint density at radius 2 is 1.96 bits per heavy atom. The van der Waals surface area contributed by atoms with E-state index in [1.807, 2.05) is 12.1 Å². The fourth-order valence-electron chi connectivity index (χ4n) is 3.45. The van der Waals surface area contributed by atoms with E-state index in [0.29, 0.717) is 24.9 Å². The number of alkyl halides is 1. The van der Waals surface area contributed by atoms with Crippen LogP contribution in [-0.4, -0.2) is 31.5 Å². The number of benzene rings is 1. The van der Waals surface area contributed by atoms with Gasteiger partial charge in [-0.3, -0.25) is 4.79 Å². The van der Waals surface area contributed by atoms with Crippen LogP contribution in [0.15, 0.2) is 18.2 Å². The van der Waals surface area contributed by atoms with Crippen molar-refractivity contribution in [3.8, 4) is 11.5 Å². The second-order valence-corrected chi connectivity index (χ2v) is 7.63. The lowest BCUT2D eigenvalue weighted by Crippen LogP contribution is -2.37. The zero-order chi connectivity index (χ0) is 18.8. The highest BCUT2D eigenvalue weighted by Crippen LogP contribution is 2.29. The Bertz CT molecular complexity index is 556. The van der Waals surface area contributed by atoms with Gasteiger partial charge in [-0.2, -0.15) is 0 Å². The Morgan fingerprint density at radius 1 is 1.19 bits per heavy atom. The van der Waals surface area contributed by atoms with Gasteiger partial charge in [0.2, 0.25) is 5.91 Å². The van der Waals surface area contributed by atoms with Crippen LogP contribution in [0.2, 0.25) is 0 Å². The molecular formula is C21H32ClNO3. The maximum Gasteiger partial charge on any atom is 0.220 e. The maximum absolute atomic E-state index is 12.1. The predicted molar refractivity (Wildman–Crippen MR) is 106 cm³/mol. The first kappa shape index (κ1) is 20.9. The van der Waals surface area contributed by atoms with E-state index in [9.17, 15) is 4.79 Å². The normalized spacial score (nSPS) is 19.8. The van der Waals surface area contributed by atoms with Gasteiger partial charge in [-0.25, -0.2) is 0 Å². The summed E-state index contributed by atoms with van der Waals surface area (Å²) >= 11 is 5.66. The summed E-state index contributed by atoms with van der Waals surface area (Å²) in [7, 11) is 1.64. The number of carbonyl (C=O) groups excluding carboxylic acids is 1. The van der Waals surface area contributed by atoms with Crippen molar-refractivity contribution >= 4 is 17.5 Å². The van der Waals surface area contributed by atoms with Crippen LogP contribution < -0.4 is 14.8 Å². The molecule has 146 valence electrons. The number of halogens is 1. The summed E-state index contributed by atoms with van der Waals surface area (Å²) < 4.78 is 10.9. The molecule has 1 saturated carbocycles. The van der Waals surface area contributed by atoms with Crippen LogP contribution in [-0.2, 0) is 11.2 Å². The monoisotopic (exact) mass is 381 g/mol. The number of methoxy groups -OCH3 is 1. The summed E-state index contributed by atoms with van der Waals surface area (Å²) in [6, 6.07) is 6.38. The number of nitrogens with one attached hydrogen (secondary N) is 1. The van der Waals surface area contributed by atoms with Crippen LogP contribution in [0.3, 0.4) is 0 Å². The zero-order valence-corrected chi connectivity index (χ0v) is 16.8. The molecule has 0 atom stereocenters. The van der Waals surface area contributed by atoms with Gasteiger partial charge >= 0.3 is 0 Å². The van der Waals surface area contributed by atoms with Gasteiger partial charge in [0.15, 0.2) is 11.5 Å². The molecule has 0 aliphatic heterocycles. The molecule has 5 heteroatoms. The highest BCUT2D eigenvalue weighted by molar-refractivity contribution is 6.18. The summed E-state index contributed by atoms with van der Waals surface area (Å²) in [5.41, 5.74) is 1.20. The van der Waals surface area contributed by atoms with Crippen molar-refractivity contribution in [1.82, 2.24) is 5.32 Å². The molecule has 0 unspecified atom stereocenters. The molecule has 0 bridgehead atoms. The minimum Gasteiger partial charge on any atom is -0.493 e. The number of hydrogen-bond acceptors (Lipinski definition) is 3. The van der Waals surface area contributed by atoms with Crippen LogP contribution >= 0.6 is 11.6 Å². The van der Waals surface area contributed by atoms with Crippen LogP contribution in [0, 0.1) is 5.92 Å². The van der Waals surface area contributed by atoms with Crippen molar-refractivity contribution in [3.63, 3.8) is 0 Å². The van der Waals surface area contributed by atoms with Gasteiger partial charge in [0, 0.05) is 12.5 Å². The van der Waals surface area contributed by atoms with E-state index in [0.717, 1.165) is 49.5 Å². The summed E-state index contributed by atoms with van der Waals surface area (Å²) in [5.74, 6) is 2.92. The van der Waals surface area contributed by atoms with Gasteiger partial charge in [-0.05, 0) is 68.6 Å². The number of unbranched alkanes of at least 4 members (excludes halogenated alkanes) is 1. The lowest BCUT2D eigenvalue weighted by atomic mass is 9.87. The van der Waals surface area contributed by atoms with E-state index >= 15 is 0 Å². The van der Waals surface area contributed by atoms with E-state index in [1.165, 1.54) is 18.4 Å². The molecule has 26 heavy (non-hydrogen) atoms. The predicted octanol–water partition coefficient (Wildman–Crippen LogP) is 4.72. The Hall–Kier alpha value is -1.42. The second kappa shape index (κ2) is 11.3. The molecule has 1 fully saturated rings. The number of rotatable bonds is 10. The molecule has 0 radical (unpaired) electrons. The van der Waals surface area contributed by atoms with E-state index < -0.39 is 0 Å². The Balaban J connectivity index is 1.68. The lowest BCUT2D eigenvalue weighted by molar-refractivity contribution is -0.122. The van der Waals surface area contributed by atoms with Crippen molar-refractivity contribution < 1.29 is 14.3 Å². The minimum absolute atomic E-state index is 0.201. The first-order valence-corrected chi connectivity index (χ1v) is 10.3. The van der Waals surface area contributed by atoms with Crippen molar-refractivity contribution in [2.45, 2.75) is 64.3 Å². The van der Waals surface area contributed by atoms with Gasteiger partial charge < -0.3 is 14.8 Å². The molecule has 1 N–H and O–H groups in total. The van der Waals surface area contributed by atoms with Crippen molar-refractivity contribution in [2.75, 3.05) is 19.6 Å². The summed E-state index contributed by atoms with van der Waals surface area (Å²) in [6.07, 6.45) is 8.16. The topological polar surface area (TPSA) is 47.6 Å². The van der Waals surface area contributed by atoms with Gasteiger partial charge in [0.25, 0.3) is 0 Å². The third-order valence-electron chi connectivity index (χ3n) is 5.06. The molecule has 2 rings (SSSR count). The van der Waals surface area contributed by atoms with Crippen molar-refractivity contribution in [2.24, 2.45) is 5.92 Å². The molecule has 0 heterocycles. The van der Waals surface area contributed by atoms with Gasteiger partial charge in [-0.1, -0.05) is 13.0 Å². The van der Waals surface area contributed by atoms with Gasteiger partial charge in [0.05, 0.1) is 13.0 Å². The summed E-state index contributed by atoms with van der Waals surface area (Å²) in [6.45, 7) is 2.76. The third-order valence-corrected chi connectivity index (χ3v) is 5.22. The van der Waals surface area contributed by atoms with Gasteiger partial charge in [0.1, 0.15) is 6.61 Å². The summed E-state index contributed by atoms with van der Waals surface area (Å²) in [5, 5.41) is 3.20. The second-order valence-electron chi connectivity index (χ2n) is 7.25. The highest BCUT2D eigenvalue weighted by atomic mass is 35.5. The standard InChI is InChI=1S/C21H32ClNO3/c1-16-7-10-18(11-8-16)23-21(24)6-4-3-5-17-9-12-19(26-14-13-22)20(15-17)25-2/h9,12,15-16,18H,3-8,10-11,13-14H2,1-2H3,(H,23,24). The average Bonchev–Trinajstić information content (AvgIpc) is 2.65. The van der Waals surface area contributed by atoms with Crippen LogP contribution in [0.25, 0.3) is 0 Å². The molecule has 0 saturated heterocycles. The van der Waals surface area contributed by atoms with E-state index in [4.69, 9.17) is 21.1 Å². The van der Waals surface area contributed by atoms with Crippen molar-refractivity contribution in [1.29, 1.82) is 0 Å². The Kier molecular flexibility index (Phi) is 9.10. The van der Waals surface area contributed by atoms with Crippen LogP contribution in [0.4, 0.5) is 0 Å². The SMILES string of the molecule is COc1cc(CCCCC(=O)NC2CCC(C)CC2)ccc1OCCCl. The third kappa shape index (κ3) is 7.06. The largest absolute Gasteiger partial charge is 0.493 e. The molecule has 1 aliphatic rings. The molecule has 0 aromatic heterocycles. The summed E-state index contributed by atoms with van der Waals surface area (Å²) in [4.78, 5) is 12.1. The highest BCUT2D eigenvalue weighted by Gasteiger charge is 2.19. The molecule has 0 spiro atoms. The molecular weight excluding hydrogens is 350 g/mol. The van der Waals surface area contributed by atoms with E-state index in [-0.39, 0.29) is 5.91 Å². The lowest BCUT2D eigenvalue weighted by Gasteiger charge is -2.26. The zero-order valence-electron chi connectivity index (χ0n) is 16.1. The maximum atomic E-state index is 12.1. The van der Waals surface area contributed by atoms with E-state index in [2.05, 4.69) is 18.3 Å². The average molecular weight is 382 g/mol. The molecule has 4 nitrogen and oxygen atoms in total. The Labute approximate surface area is 162 Å². The first-order chi connectivity index (χ1) is 12.6. The van der Waals surface area contributed by atoms with Crippen LogP contribution in [0.5, 0.6) is 11.5 Å². The minimum atomic E-state index is 0.201. The van der Waals surface area contributed by atoms with E-state index in [1.54, 1.807) is 7.11 Å². The number of amides is 1.